The van der Waals surface area contributed by atoms with Crippen LogP contribution in [0.15, 0.2) is 48.5 Å². The molecule has 0 spiro atoms. The molecule has 160 valence electrons. The van der Waals surface area contributed by atoms with Crippen molar-refractivity contribution in [2.75, 3.05) is 0 Å². The molecule has 0 amide bonds. The lowest BCUT2D eigenvalue weighted by molar-refractivity contribution is 0.288. The van der Waals surface area contributed by atoms with Crippen molar-refractivity contribution in [3.8, 4) is 23.2 Å². The zero-order valence-electron chi connectivity index (χ0n) is 16.2. The highest BCUT2D eigenvalue weighted by Gasteiger charge is 2.15. The average molecular weight is 456 g/mol. The molecule has 0 aliphatic rings. The van der Waals surface area contributed by atoms with Gasteiger partial charge in [0.15, 0.2) is 0 Å². The second-order valence-electron chi connectivity index (χ2n) is 6.70. The smallest absolute Gasteiger partial charge is 0.252 e. The van der Waals surface area contributed by atoms with E-state index < -0.39 is 17.5 Å². The fourth-order valence-corrected chi connectivity index (χ4v) is 3.12. The van der Waals surface area contributed by atoms with Crippen LogP contribution in [0.4, 0.5) is 13.2 Å². The van der Waals surface area contributed by atoms with Crippen LogP contribution in [0.5, 0.6) is 5.88 Å². The minimum atomic E-state index is -0.699. The van der Waals surface area contributed by atoms with Crippen LogP contribution in [0, 0.1) is 28.8 Å². The molecule has 0 aliphatic carbocycles. The number of halogens is 4. The predicted molar refractivity (Wildman–Crippen MR) is 109 cm³/mol. The Bertz CT molecular complexity index is 1340. The molecule has 0 atom stereocenters. The van der Waals surface area contributed by atoms with Gasteiger partial charge in [-0.25, -0.2) is 23.1 Å². The molecule has 4 rings (SSSR count). The van der Waals surface area contributed by atoms with Crippen molar-refractivity contribution in [1.29, 1.82) is 5.26 Å². The Morgan fingerprint density at radius 1 is 0.969 bits per heavy atom. The molecule has 0 aliphatic heterocycles. The number of benzene rings is 2. The van der Waals surface area contributed by atoms with E-state index in [1.165, 1.54) is 30.3 Å². The number of rotatable bonds is 6. The number of pyridine rings is 1. The van der Waals surface area contributed by atoms with Gasteiger partial charge in [-0.2, -0.15) is 5.26 Å². The Balaban J connectivity index is 1.54. The zero-order valence-corrected chi connectivity index (χ0v) is 17.0. The third kappa shape index (κ3) is 4.71. The Labute approximate surface area is 185 Å². The number of nitrogens with zero attached hydrogens (tertiary/aromatic N) is 4. The van der Waals surface area contributed by atoms with Gasteiger partial charge in [0.25, 0.3) is 5.82 Å². The van der Waals surface area contributed by atoms with Crippen molar-refractivity contribution in [1.82, 2.24) is 20.2 Å². The fourth-order valence-electron chi connectivity index (χ4n) is 2.96. The van der Waals surface area contributed by atoms with Crippen LogP contribution in [0.2, 0.25) is 5.02 Å². The molecule has 0 saturated heterocycles. The van der Waals surface area contributed by atoms with Crippen molar-refractivity contribution < 1.29 is 17.9 Å². The molecule has 32 heavy (non-hydrogen) atoms. The molecule has 0 radical (unpaired) electrons. The highest BCUT2D eigenvalue weighted by molar-refractivity contribution is 6.30. The van der Waals surface area contributed by atoms with Crippen molar-refractivity contribution in [2.45, 2.75) is 13.0 Å². The molecule has 1 N–H and O–H groups in total. The van der Waals surface area contributed by atoms with E-state index in [1.807, 2.05) is 0 Å². The van der Waals surface area contributed by atoms with Gasteiger partial charge < -0.3 is 4.74 Å². The van der Waals surface area contributed by atoms with Crippen LogP contribution in [0.3, 0.4) is 0 Å². The molecule has 2 aromatic carbocycles. The molecule has 0 fully saturated rings. The van der Waals surface area contributed by atoms with Crippen molar-refractivity contribution in [2.24, 2.45) is 0 Å². The number of aromatic amines is 1. The highest BCUT2D eigenvalue weighted by Crippen LogP contribution is 2.27. The number of hydrogen-bond donors (Lipinski definition) is 1. The van der Waals surface area contributed by atoms with E-state index >= 15 is 0 Å². The first-order chi connectivity index (χ1) is 15.4. The molecular weight excluding hydrogens is 443 g/mol. The minimum Gasteiger partial charge on any atom is -0.473 e. The molecule has 0 saturated carbocycles. The maximum atomic E-state index is 14.8. The maximum Gasteiger partial charge on any atom is 0.252 e. The van der Waals surface area contributed by atoms with Crippen molar-refractivity contribution in [3.63, 3.8) is 0 Å². The van der Waals surface area contributed by atoms with E-state index in [4.69, 9.17) is 21.6 Å². The lowest BCUT2D eigenvalue weighted by atomic mass is 10.0. The predicted octanol–water partition coefficient (Wildman–Crippen LogP) is 4.98. The van der Waals surface area contributed by atoms with Crippen LogP contribution < -0.4 is 4.74 Å². The third-order valence-corrected chi connectivity index (χ3v) is 4.75. The quantitative estimate of drug-likeness (QED) is 0.443. The minimum absolute atomic E-state index is 0.0394. The fraction of sp³-hybridized carbons (Fsp3) is 0.0909. The molecular formula is C22H13ClF3N5O. The second-order valence-corrected chi connectivity index (χ2v) is 7.14. The van der Waals surface area contributed by atoms with Gasteiger partial charge in [-0.3, -0.25) is 5.10 Å². The Morgan fingerprint density at radius 2 is 1.78 bits per heavy atom. The summed E-state index contributed by atoms with van der Waals surface area (Å²) in [6, 6.07) is 12.6. The van der Waals surface area contributed by atoms with E-state index in [1.54, 1.807) is 12.1 Å². The van der Waals surface area contributed by atoms with Crippen LogP contribution in [0.1, 0.15) is 22.8 Å². The molecule has 2 heterocycles. The summed E-state index contributed by atoms with van der Waals surface area (Å²) in [4.78, 5) is 8.06. The van der Waals surface area contributed by atoms with E-state index in [0.717, 1.165) is 12.1 Å². The Hall–Kier alpha value is -3.90. The Morgan fingerprint density at radius 3 is 2.53 bits per heavy atom. The normalized spacial score (nSPS) is 10.7. The molecule has 4 aromatic rings. The topological polar surface area (TPSA) is 87.5 Å². The van der Waals surface area contributed by atoms with Gasteiger partial charge in [0, 0.05) is 28.6 Å². The summed E-state index contributed by atoms with van der Waals surface area (Å²) in [7, 11) is 0. The largest absolute Gasteiger partial charge is 0.473 e. The summed E-state index contributed by atoms with van der Waals surface area (Å²) in [6.07, 6.45) is -0.0685. The van der Waals surface area contributed by atoms with Crippen LogP contribution in [-0.4, -0.2) is 20.2 Å². The van der Waals surface area contributed by atoms with Gasteiger partial charge in [0.05, 0.1) is 5.69 Å². The van der Waals surface area contributed by atoms with Crippen LogP contribution in [0.25, 0.3) is 11.3 Å². The Kier molecular flexibility index (Phi) is 6.05. The van der Waals surface area contributed by atoms with Crippen molar-refractivity contribution in [3.05, 3.63) is 93.8 Å². The first kappa shape index (κ1) is 21.3. The second kappa shape index (κ2) is 9.08. The van der Waals surface area contributed by atoms with Gasteiger partial charge in [-0.1, -0.05) is 23.7 Å². The number of nitriles is 1. The lowest BCUT2D eigenvalue weighted by Gasteiger charge is -2.10. The van der Waals surface area contributed by atoms with Gasteiger partial charge in [0.2, 0.25) is 5.88 Å². The maximum absolute atomic E-state index is 14.8. The average Bonchev–Trinajstić information content (AvgIpc) is 3.23. The molecule has 6 nitrogen and oxygen atoms in total. The third-order valence-electron chi connectivity index (χ3n) is 4.52. The zero-order chi connectivity index (χ0) is 22.7. The highest BCUT2D eigenvalue weighted by atomic mass is 35.5. The van der Waals surface area contributed by atoms with Gasteiger partial charge in [-0.05, 0) is 35.9 Å². The monoisotopic (exact) mass is 455 g/mol. The van der Waals surface area contributed by atoms with Gasteiger partial charge in [0.1, 0.15) is 36.0 Å². The van der Waals surface area contributed by atoms with E-state index in [0.29, 0.717) is 0 Å². The first-order valence-corrected chi connectivity index (χ1v) is 9.64. The van der Waals surface area contributed by atoms with E-state index in [9.17, 15) is 13.2 Å². The first-order valence-electron chi connectivity index (χ1n) is 9.26. The molecule has 2 aromatic heterocycles. The van der Waals surface area contributed by atoms with Gasteiger partial charge >= 0.3 is 0 Å². The number of nitrogens with one attached hydrogen (secondary N) is 1. The number of H-pyrrole nitrogens is 1. The van der Waals surface area contributed by atoms with E-state index in [-0.39, 0.29) is 58.0 Å². The lowest BCUT2D eigenvalue weighted by Crippen LogP contribution is -2.01. The molecule has 0 unspecified atom stereocenters. The summed E-state index contributed by atoms with van der Waals surface area (Å²) >= 11 is 5.73. The number of ether oxygens (including phenoxy) is 1. The summed E-state index contributed by atoms with van der Waals surface area (Å²) in [6.45, 7) is -0.114. The van der Waals surface area contributed by atoms with Crippen LogP contribution in [-0.2, 0) is 13.0 Å². The van der Waals surface area contributed by atoms with Gasteiger partial charge in [-0.15, -0.1) is 5.10 Å². The van der Waals surface area contributed by atoms with Crippen molar-refractivity contribution >= 4 is 11.6 Å². The standard InChI is InChI=1S/C22H13ClF3N5O/c23-14-5-4-12(16(24)8-14)11-32-22-3-1-2-19(28-22)15-9-17(25)13(6-18(15)26)7-20-29-21(10-27)31-30-20/h1-6,8-9H,7,11H2,(H,29,30,31). The number of hydrogen-bond acceptors (Lipinski definition) is 5. The number of aromatic nitrogens is 4. The summed E-state index contributed by atoms with van der Waals surface area (Å²) in [5.74, 6) is -1.63. The summed E-state index contributed by atoms with van der Waals surface area (Å²) in [5, 5.41) is 15.2. The molecule has 0 bridgehead atoms. The van der Waals surface area contributed by atoms with E-state index in [2.05, 4.69) is 20.2 Å². The van der Waals surface area contributed by atoms with Crippen LogP contribution >= 0.6 is 11.6 Å². The summed E-state index contributed by atoms with van der Waals surface area (Å²) < 4.78 is 48.8. The SMILES string of the molecule is N#Cc1n[nH]c(Cc2cc(F)c(-c3cccc(OCc4ccc(Cl)cc4F)n3)cc2F)n1. The summed E-state index contributed by atoms with van der Waals surface area (Å²) in [5.41, 5.74) is 0.394. The molecule has 10 heteroatoms.